The lowest BCUT2D eigenvalue weighted by molar-refractivity contribution is 1.02. The Morgan fingerprint density at radius 2 is 2.20 bits per heavy atom. The van der Waals surface area contributed by atoms with Gasteiger partial charge in [0, 0.05) is 0 Å². The van der Waals surface area contributed by atoms with Gasteiger partial charge in [0.2, 0.25) is 0 Å². The molecule has 1 aromatic carbocycles. The van der Waals surface area contributed by atoms with Crippen LogP contribution in [0.15, 0.2) is 61.2 Å². The van der Waals surface area contributed by atoms with Crippen LogP contribution in [0, 0.1) is 0 Å². The largest absolute Gasteiger partial charge is 0.128 e. The number of hydrogen-bond donors (Lipinski definition) is 0. The molecule has 0 bridgehead atoms. The third-order valence-corrected chi connectivity index (χ3v) is 5.34. The highest BCUT2D eigenvalue weighted by Gasteiger charge is 2.11. The highest BCUT2D eigenvalue weighted by Crippen LogP contribution is 2.39. The number of benzene rings is 1. The molecule has 2 aromatic rings. The molecule has 0 saturated carbocycles. The Hall–Kier alpha value is -1.78. The summed E-state index contributed by atoms with van der Waals surface area (Å²) in [5.41, 5.74) is 4.08. The van der Waals surface area contributed by atoms with E-state index in [1.54, 1.807) is 5.30 Å². The van der Waals surface area contributed by atoms with Gasteiger partial charge in [-0.2, -0.15) is 0 Å². The smallest absolute Gasteiger partial charge is 0.000648 e. The summed E-state index contributed by atoms with van der Waals surface area (Å²) in [7, 11) is 0.867. The second kappa shape index (κ2) is 5.69. The van der Waals surface area contributed by atoms with Gasteiger partial charge in [-0.05, 0) is 57.8 Å². The molecule has 1 aromatic heterocycles. The molecule has 0 radical (unpaired) electrons. The van der Waals surface area contributed by atoms with E-state index in [9.17, 15) is 0 Å². The van der Waals surface area contributed by atoms with Gasteiger partial charge in [0.1, 0.15) is 0 Å². The average molecular weight is 278 g/mol. The van der Waals surface area contributed by atoms with Crippen molar-refractivity contribution in [3.63, 3.8) is 0 Å². The van der Waals surface area contributed by atoms with Crippen LogP contribution in [0.1, 0.15) is 22.8 Å². The molecule has 0 saturated heterocycles. The molecule has 1 atom stereocenters. The van der Waals surface area contributed by atoms with Crippen molar-refractivity contribution in [2.24, 2.45) is 0 Å². The first-order valence-corrected chi connectivity index (χ1v) is 8.06. The van der Waals surface area contributed by atoms with Gasteiger partial charge in [0.25, 0.3) is 0 Å². The summed E-state index contributed by atoms with van der Waals surface area (Å²) < 4.78 is 0. The standard InChI is InChI=1S/C19H19P/c1-3-7-14(4-2)12-15-10-11-17-16-8-5-6-9-18(16)20-19(17)13-15/h3-5,7-8,10-11,13,20H,1-2,6,9,12H2/b14-7+. The minimum Gasteiger partial charge on any atom is -0.128 e. The van der Waals surface area contributed by atoms with Crippen molar-refractivity contribution in [1.82, 2.24) is 0 Å². The molecule has 0 aliphatic heterocycles. The zero-order valence-corrected chi connectivity index (χ0v) is 12.7. The Kier molecular flexibility index (Phi) is 3.76. The maximum Gasteiger partial charge on any atom is -0.000648 e. The maximum atomic E-state index is 3.88. The maximum absolute atomic E-state index is 3.88. The molecule has 0 amide bonds. The van der Waals surface area contributed by atoms with Crippen molar-refractivity contribution in [3.8, 4) is 0 Å². The summed E-state index contributed by atoms with van der Waals surface area (Å²) in [6, 6.07) is 6.92. The van der Waals surface area contributed by atoms with Crippen LogP contribution in [-0.2, 0) is 12.8 Å². The van der Waals surface area contributed by atoms with E-state index in [0.29, 0.717) is 0 Å². The van der Waals surface area contributed by atoms with E-state index in [4.69, 9.17) is 0 Å². The van der Waals surface area contributed by atoms with E-state index in [-0.39, 0.29) is 0 Å². The molecule has 0 N–H and O–H groups in total. The molecule has 1 unspecified atom stereocenters. The van der Waals surface area contributed by atoms with Crippen molar-refractivity contribution in [1.29, 1.82) is 0 Å². The van der Waals surface area contributed by atoms with Crippen LogP contribution in [0.25, 0.3) is 16.6 Å². The van der Waals surface area contributed by atoms with Crippen LogP contribution in [0.5, 0.6) is 0 Å². The molecule has 0 spiro atoms. The van der Waals surface area contributed by atoms with Crippen molar-refractivity contribution >= 4 is 24.8 Å². The summed E-state index contributed by atoms with van der Waals surface area (Å²) in [6.07, 6.45) is 13.8. The predicted octanol–water partition coefficient (Wildman–Crippen LogP) is 5.67. The van der Waals surface area contributed by atoms with Crippen LogP contribution < -0.4 is 0 Å². The summed E-state index contributed by atoms with van der Waals surface area (Å²) >= 11 is 0. The Morgan fingerprint density at radius 1 is 1.30 bits per heavy atom. The van der Waals surface area contributed by atoms with Gasteiger partial charge in [0.15, 0.2) is 0 Å². The van der Waals surface area contributed by atoms with Crippen LogP contribution in [0.3, 0.4) is 0 Å². The molecule has 1 heteroatoms. The molecule has 100 valence electrons. The molecule has 0 nitrogen and oxygen atoms in total. The first-order valence-electron chi connectivity index (χ1n) is 7.06. The van der Waals surface area contributed by atoms with Gasteiger partial charge < -0.3 is 0 Å². The van der Waals surface area contributed by atoms with Gasteiger partial charge in [0.05, 0.1) is 0 Å². The fourth-order valence-electron chi connectivity index (χ4n) is 2.83. The van der Waals surface area contributed by atoms with Crippen molar-refractivity contribution in [2.75, 3.05) is 0 Å². The topological polar surface area (TPSA) is 0 Å². The minimum atomic E-state index is 0.867. The fraction of sp³-hybridized carbons (Fsp3) is 0.158. The summed E-state index contributed by atoms with van der Waals surface area (Å²) in [4.78, 5) is 0. The summed E-state index contributed by atoms with van der Waals surface area (Å²) in [5, 5.41) is 4.61. The van der Waals surface area contributed by atoms with Crippen molar-refractivity contribution in [2.45, 2.75) is 19.3 Å². The second-order valence-electron chi connectivity index (χ2n) is 5.20. The van der Waals surface area contributed by atoms with Crippen LogP contribution in [0.4, 0.5) is 0 Å². The fourth-order valence-corrected chi connectivity index (χ4v) is 4.39. The zero-order valence-electron chi connectivity index (χ0n) is 11.7. The Morgan fingerprint density at radius 3 is 3.00 bits per heavy atom. The highest BCUT2D eigenvalue weighted by molar-refractivity contribution is 7.38. The SMILES string of the molecule is C=C/C=C(\C=C)Cc1ccc2c3c([pH]c2c1)CCC=C3. The average Bonchev–Trinajstić information content (AvgIpc) is 2.84. The van der Waals surface area contributed by atoms with Gasteiger partial charge in [-0.3, -0.25) is 0 Å². The third kappa shape index (κ3) is 2.44. The van der Waals surface area contributed by atoms with E-state index in [1.165, 1.54) is 40.0 Å². The lowest BCUT2D eigenvalue weighted by Gasteiger charge is -2.05. The Bertz CT molecular complexity index is 726. The van der Waals surface area contributed by atoms with Gasteiger partial charge in [-0.25, -0.2) is 0 Å². The molecule has 1 aliphatic carbocycles. The van der Waals surface area contributed by atoms with E-state index < -0.39 is 0 Å². The number of rotatable bonds is 4. The van der Waals surface area contributed by atoms with Gasteiger partial charge in [-0.15, -0.1) is 8.19 Å². The Labute approximate surface area is 122 Å². The van der Waals surface area contributed by atoms with Gasteiger partial charge in [-0.1, -0.05) is 55.7 Å². The minimum absolute atomic E-state index is 0.867. The number of aryl methyl sites for hydroxylation is 1. The highest BCUT2D eigenvalue weighted by atomic mass is 31.0. The van der Waals surface area contributed by atoms with Gasteiger partial charge >= 0.3 is 0 Å². The molecule has 20 heavy (non-hydrogen) atoms. The molecule has 1 heterocycles. The van der Waals surface area contributed by atoms with E-state index in [2.05, 4.69) is 43.5 Å². The molecule has 3 rings (SSSR count). The van der Waals surface area contributed by atoms with E-state index in [0.717, 1.165) is 14.6 Å². The third-order valence-electron chi connectivity index (χ3n) is 3.83. The summed E-state index contributed by atoms with van der Waals surface area (Å²) in [5.74, 6) is 0. The predicted molar refractivity (Wildman–Crippen MR) is 93.0 cm³/mol. The molecule has 1 aliphatic rings. The zero-order chi connectivity index (χ0) is 13.9. The van der Waals surface area contributed by atoms with Crippen LogP contribution in [0.2, 0.25) is 0 Å². The quantitative estimate of drug-likeness (QED) is 0.632. The van der Waals surface area contributed by atoms with Crippen molar-refractivity contribution in [3.05, 3.63) is 77.7 Å². The number of hydrogen-bond acceptors (Lipinski definition) is 0. The van der Waals surface area contributed by atoms with E-state index >= 15 is 0 Å². The second-order valence-corrected chi connectivity index (χ2v) is 6.59. The normalized spacial score (nSPS) is 14.7. The van der Waals surface area contributed by atoms with E-state index in [1.807, 2.05) is 18.2 Å². The lowest BCUT2D eigenvalue weighted by atomic mass is 10.00. The number of fused-ring (bicyclic) bond motifs is 3. The molecular formula is C19H19P. The van der Waals surface area contributed by atoms with Crippen molar-refractivity contribution < 1.29 is 0 Å². The first-order chi connectivity index (χ1) is 9.81. The van der Waals surface area contributed by atoms with Crippen LogP contribution >= 0.6 is 8.19 Å². The Balaban J connectivity index is 1.99. The summed E-state index contributed by atoms with van der Waals surface area (Å²) in [6.45, 7) is 7.64. The number of allylic oxidation sites excluding steroid dienone is 5. The molecule has 0 fully saturated rings. The monoisotopic (exact) mass is 278 g/mol. The first kappa shape index (κ1) is 13.2. The molecular weight excluding hydrogens is 259 g/mol. The van der Waals surface area contributed by atoms with Crippen LogP contribution in [-0.4, -0.2) is 0 Å². The lowest BCUT2D eigenvalue weighted by Crippen LogP contribution is -1.88.